The molecule has 1 aromatic heterocycles. The predicted molar refractivity (Wildman–Crippen MR) is 108 cm³/mol. The molecule has 1 heterocycles. The van der Waals surface area contributed by atoms with Crippen LogP contribution in [-0.4, -0.2) is 21.4 Å². The summed E-state index contributed by atoms with van der Waals surface area (Å²) in [5.41, 5.74) is 1.64. The van der Waals surface area contributed by atoms with E-state index in [4.69, 9.17) is 4.42 Å². The maximum absolute atomic E-state index is 12.6. The summed E-state index contributed by atoms with van der Waals surface area (Å²) in [6.07, 6.45) is 0. The van der Waals surface area contributed by atoms with Gasteiger partial charge in [-0.25, -0.2) is 0 Å². The molecule has 0 saturated carbocycles. The van der Waals surface area contributed by atoms with Crippen LogP contribution in [0, 0.1) is 0 Å². The number of benzene rings is 3. The fourth-order valence-corrected chi connectivity index (χ4v) is 3.41. The van der Waals surface area contributed by atoms with Gasteiger partial charge < -0.3 is 9.73 Å². The molecule has 4 aromatic rings. The van der Waals surface area contributed by atoms with Crippen LogP contribution in [0.1, 0.15) is 6.92 Å². The Morgan fingerprint density at radius 1 is 0.963 bits per heavy atom. The third-order valence-electron chi connectivity index (χ3n) is 4.12. The fourth-order valence-electron chi connectivity index (χ4n) is 2.73. The van der Waals surface area contributed by atoms with E-state index >= 15 is 0 Å². The molecule has 0 saturated heterocycles. The third kappa shape index (κ3) is 3.85. The van der Waals surface area contributed by atoms with Gasteiger partial charge in [-0.1, -0.05) is 66.4 Å². The number of hydrogen-bond acceptors (Lipinski definition) is 5. The number of amides is 1. The Labute approximate surface area is 160 Å². The van der Waals surface area contributed by atoms with Crippen molar-refractivity contribution in [3.05, 3.63) is 72.8 Å². The minimum Gasteiger partial charge on any atom is -0.411 e. The number of nitrogens with one attached hydrogen (secondary N) is 1. The number of carbonyl (C=O) groups is 1. The predicted octanol–water partition coefficient (Wildman–Crippen LogP) is 5.01. The molecule has 1 N–H and O–H groups in total. The average molecular weight is 375 g/mol. The molecule has 5 nitrogen and oxygen atoms in total. The molecular weight excluding hydrogens is 358 g/mol. The number of aromatic nitrogens is 2. The molecule has 0 radical (unpaired) electrons. The number of thioether (sulfide) groups is 1. The van der Waals surface area contributed by atoms with Gasteiger partial charge in [-0.05, 0) is 30.5 Å². The highest BCUT2D eigenvalue weighted by atomic mass is 32.2. The number of anilines is 1. The number of hydrogen-bond donors (Lipinski definition) is 1. The molecule has 1 atom stereocenters. The van der Waals surface area contributed by atoms with Crippen LogP contribution in [0.15, 0.2) is 82.4 Å². The van der Waals surface area contributed by atoms with E-state index < -0.39 is 0 Å². The van der Waals surface area contributed by atoms with Gasteiger partial charge in [0.25, 0.3) is 5.22 Å². The standard InChI is InChI=1S/C21H17N3O2S/c1-14(27-21-24-23-20(26-21)16-9-3-2-4-10-16)19(25)22-18-13-7-11-15-8-5-6-12-17(15)18/h2-14H,1H3,(H,22,25)/t14-/m1/s1. The van der Waals surface area contributed by atoms with E-state index in [9.17, 15) is 4.79 Å². The van der Waals surface area contributed by atoms with Gasteiger partial charge in [-0.3, -0.25) is 4.79 Å². The normalized spacial score (nSPS) is 12.0. The van der Waals surface area contributed by atoms with Crippen LogP contribution in [0.4, 0.5) is 5.69 Å². The maximum atomic E-state index is 12.6. The lowest BCUT2D eigenvalue weighted by Gasteiger charge is -2.12. The van der Waals surface area contributed by atoms with Crippen LogP contribution in [0.25, 0.3) is 22.2 Å². The van der Waals surface area contributed by atoms with E-state index in [2.05, 4.69) is 15.5 Å². The number of nitrogens with zero attached hydrogens (tertiary/aromatic N) is 2. The van der Waals surface area contributed by atoms with Crippen molar-refractivity contribution in [3.63, 3.8) is 0 Å². The van der Waals surface area contributed by atoms with Gasteiger partial charge in [-0.2, -0.15) is 0 Å². The third-order valence-corrected chi connectivity index (χ3v) is 5.06. The lowest BCUT2D eigenvalue weighted by molar-refractivity contribution is -0.115. The zero-order valence-corrected chi connectivity index (χ0v) is 15.4. The molecule has 134 valence electrons. The Bertz CT molecular complexity index is 1070. The first-order valence-corrected chi connectivity index (χ1v) is 9.43. The second kappa shape index (κ2) is 7.63. The van der Waals surface area contributed by atoms with E-state index in [1.807, 2.05) is 79.7 Å². The smallest absolute Gasteiger partial charge is 0.277 e. The van der Waals surface area contributed by atoms with Gasteiger partial charge in [0, 0.05) is 16.6 Å². The first-order valence-electron chi connectivity index (χ1n) is 8.55. The van der Waals surface area contributed by atoms with E-state index in [1.165, 1.54) is 11.8 Å². The number of fused-ring (bicyclic) bond motifs is 1. The molecule has 0 fully saturated rings. The molecule has 6 heteroatoms. The van der Waals surface area contributed by atoms with Crippen molar-refractivity contribution in [2.45, 2.75) is 17.4 Å². The monoisotopic (exact) mass is 375 g/mol. The lowest BCUT2D eigenvalue weighted by Crippen LogP contribution is -2.22. The van der Waals surface area contributed by atoms with Crippen molar-refractivity contribution in [3.8, 4) is 11.5 Å². The van der Waals surface area contributed by atoms with Crippen molar-refractivity contribution in [1.29, 1.82) is 0 Å². The van der Waals surface area contributed by atoms with Crippen LogP contribution in [-0.2, 0) is 4.79 Å². The van der Waals surface area contributed by atoms with E-state index in [0.717, 1.165) is 22.0 Å². The number of carbonyl (C=O) groups excluding carboxylic acids is 1. The van der Waals surface area contributed by atoms with Crippen LogP contribution in [0.3, 0.4) is 0 Å². The summed E-state index contributed by atoms with van der Waals surface area (Å²) < 4.78 is 5.67. The van der Waals surface area contributed by atoms with Crippen LogP contribution >= 0.6 is 11.8 Å². The Morgan fingerprint density at radius 3 is 2.56 bits per heavy atom. The fraction of sp³-hybridized carbons (Fsp3) is 0.0952. The highest BCUT2D eigenvalue weighted by Crippen LogP contribution is 2.28. The molecule has 1 amide bonds. The van der Waals surface area contributed by atoms with Crippen LogP contribution in [0.5, 0.6) is 0 Å². The molecule has 0 aliphatic rings. The Balaban J connectivity index is 1.46. The summed E-state index contributed by atoms with van der Waals surface area (Å²) >= 11 is 1.24. The molecule has 4 rings (SSSR count). The first-order chi connectivity index (χ1) is 13.2. The molecule has 3 aromatic carbocycles. The SMILES string of the molecule is C[C@@H](Sc1nnc(-c2ccccc2)o1)C(=O)Nc1cccc2ccccc12. The van der Waals surface area contributed by atoms with Crippen LogP contribution in [0.2, 0.25) is 0 Å². The topological polar surface area (TPSA) is 68.0 Å². The Morgan fingerprint density at radius 2 is 1.70 bits per heavy atom. The second-order valence-corrected chi connectivity index (χ2v) is 7.31. The molecule has 0 aliphatic carbocycles. The van der Waals surface area contributed by atoms with Gasteiger partial charge in [0.05, 0.1) is 5.25 Å². The van der Waals surface area contributed by atoms with Crippen molar-refractivity contribution in [1.82, 2.24) is 10.2 Å². The summed E-state index contributed by atoms with van der Waals surface area (Å²) in [7, 11) is 0. The highest BCUT2D eigenvalue weighted by Gasteiger charge is 2.19. The van der Waals surface area contributed by atoms with Gasteiger partial charge in [0.1, 0.15) is 0 Å². The molecule has 0 bridgehead atoms. The van der Waals surface area contributed by atoms with Crippen molar-refractivity contribution >= 4 is 34.1 Å². The van der Waals surface area contributed by atoms with Crippen LogP contribution < -0.4 is 5.32 Å². The molecule has 27 heavy (non-hydrogen) atoms. The van der Waals surface area contributed by atoms with E-state index in [-0.39, 0.29) is 11.2 Å². The molecule has 0 unspecified atom stereocenters. The summed E-state index contributed by atoms with van der Waals surface area (Å²) in [5, 5.41) is 13.2. The summed E-state index contributed by atoms with van der Waals surface area (Å²) in [6, 6.07) is 23.3. The summed E-state index contributed by atoms with van der Waals surface area (Å²) in [5.74, 6) is 0.329. The molecule has 0 spiro atoms. The van der Waals surface area contributed by atoms with Crippen molar-refractivity contribution in [2.75, 3.05) is 5.32 Å². The molecule has 0 aliphatic heterocycles. The molecular formula is C21H17N3O2S. The second-order valence-electron chi connectivity index (χ2n) is 6.02. The lowest BCUT2D eigenvalue weighted by atomic mass is 10.1. The zero-order valence-electron chi connectivity index (χ0n) is 14.6. The average Bonchev–Trinajstić information content (AvgIpc) is 3.17. The minimum atomic E-state index is -0.381. The van der Waals surface area contributed by atoms with Gasteiger partial charge in [0.15, 0.2) is 0 Å². The first kappa shape index (κ1) is 17.3. The highest BCUT2D eigenvalue weighted by molar-refractivity contribution is 8.00. The quantitative estimate of drug-likeness (QED) is 0.497. The van der Waals surface area contributed by atoms with Gasteiger partial charge >= 0.3 is 0 Å². The maximum Gasteiger partial charge on any atom is 0.277 e. The summed E-state index contributed by atoms with van der Waals surface area (Å²) in [4.78, 5) is 12.6. The van der Waals surface area contributed by atoms with Gasteiger partial charge in [-0.15, -0.1) is 10.2 Å². The largest absolute Gasteiger partial charge is 0.411 e. The van der Waals surface area contributed by atoms with Crippen molar-refractivity contribution < 1.29 is 9.21 Å². The minimum absolute atomic E-state index is 0.115. The van der Waals surface area contributed by atoms with E-state index in [1.54, 1.807) is 0 Å². The van der Waals surface area contributed by atoms with Gasteiger partial charge in [0.2, 0.25) is 11.8 Å². The summed E-state index contributed by atoms with van der Waals surface area (Å²) in [6.45, 7) is 1.82. The Kier molecular flexibility index (Phi) is 4.89. The van der Waals surface area contributed by atoms with Crippen molar-refractivity contribution in [2.24, 2.45) is 0 Å². The van der Waals surface area contributed by atoms with E-state index in [0.29, 0.717) is 11.1 Å². The number of rotatable bonds is 5. The Hall–Kier alpha value is -3.12. The zero-order chi connectivity index (χ0) is 18.6.